The van der Waals surface area contributed by atoms with Crippen molar-refractivity contribution in [1.82, 2.24) is 0 Å². The normalized spacial score (nSPS) is 11.3. The van der Waals surface area contributed by atoms with Crippen molar-refractivity contribution in [3.63, 3.8) is 0 Å². The number of rotatable bonds is 6. The van der Waals surface area contributed by atoms with Gasteiger partial charge in [-0.3, -0.25) is 0 Å². The van der Waals surface area contributed by atoms with E-state index in [-0.39, 0.29) is 0 Å². The summed E-state index contributed by atoms with van der Waals surface area (Å²) in [5, 5.41) is 2.25. The van der Waals surface area contributed by atoms with Gasteiger partial charge in [0.15, 0.2) is 0 Å². The van der Waals surface area contributed by atoms with Gasteiger partial charge < -0.3 is 0 Å². The Labute approximate surface area is 119 Å². The summed E-state index contributed by atoms with van der Waals surface area (Å²) in [5.74, 6) is 0. The van der Waals surface area contributed by atoms with Gasteiger partial charge in [0.2, 0.25) is 0 Å². The Morgan fingerprint density at radius 1 is 0.947 bits per heavy atom. The molecular weight excluding hydrogens is 248 g/mol. The number of allylic oxidation sites excluding steroid dienone is 2. The lowest BCUT2D eigenvalue weighted by Crippen LogP contribution is -1.89. The molecule has 0 heterocycles. The molecule has 2 rings (SSSR count). The molecule has 0 N–H and O–H groups in total. The van der Waals surface area contributed by atoms with Crippen molar-refractivity contribution in [2.45, 2.75) is 17.7 Å². The van der Waals surface area contributed by atoms with Crippen molar-refractivity contribution >= 4 is 11.8 Å². The molecule has 0 aliphatic rings. The van der Waals surface area contributed by atoms with Gasteiger partial charge in [-0.15, -0.1) is 6.58 Å². The van der Waals surface area contributed by atoms with Gasteiger partial charge in [-0.05, 0) is 35.9 Å². The standard InChI is InChI=1S/C18H18S/c1-2-9-17(14-16-10-5-3-6-11-16)15-19-18-12-7-4-8-13-18/h2-8,10-13,15H,1,9,14H2/b17-15+. The topological polar surface area (TPSA) is 0 Å². The highest BCUT2D eigenvalue weighted by atomic mass is 32.2. The zero-order valence-corrected chi connectivity index (χ0v) is 11.8. The van der Waals surface area contributed by atoms with E-state index >= 15 is 0 Å². The fourth-order valence-corrected chi connectivity index (χ4v) is 2.65. The van der Waals surface area contributed by atoms with Crippen LogP contribution >= 0.6 is 11.8 Å². The van der Waals surface area contributed by atoms with E-state index in [1.54, 1.807) is 11.8 Å². The van der Waals surface area contributed by atoms with Crippen LogP contribution in [-0.4, -0.2) is 0 Å². The van der Waals surface area contributed by atoms with E-state index in [1.165, 1.54) is 16.0 Å². The summed E-state index contributed by atoms with van der Waals surface area (Å²) >= 11 is 1.78. The van der Waals surface area contributed by atoms with Gasteiger partial charge in [0.05, 0.1) is 0 Å². The van der Waals surface area contributed by atoms with Crippen LogP contribution in [0.1, 0.15) is 12.0 Å². The van der Waals surface area contributed by atoms with Crippen LogP contribution in [0.3, 0.4) is 0 Å². The van der Waals surface area contributed by atoms with Gasteiger partial charge in [0, 0.05) is 4.90 Å². The Kier molecular flexibility index (Phi) is 5.51. The van der Waals surface area contributed by atoms with Crippen LogP contribution in [0.5, 0.6) is 0 Å². The second kappa shape index (κ2) is 7.65. The van der Waals surface area contributed by atoms with Gasteiger partial charge in [-0.1, -0.05) is 71.9 Å². The van der Waals surface area contributed by atoms with E-state index in [2.05, 4.69) is 66.6 Å². The molecule has 0 unspecified atom stereocenters. The molecule has 0 amide bonds. The predicted octanol–water partition coefficient (Wildman–Crippen LogP) is 5.48. The van der Waals surface area contributed by atoms with Gasteiger partial charge >= 0.3 is 0 Å². The smallest absolute Gasteiger partial charge is 0.0116 e. The van der Waals surface area contributed by atoms with Gasteiger partial charge in [-0.2, -0.15) is 0 Å². The summed E-state index contributed by atoms with van der Waals surface area (Å²) in [7, 11) is 0. The average Bonchev–Trinajstić information content (AvgIpc) is 2.47. The van der Waals surface area contributed by atoms with Gasteiger partial charge in [-0.25, -0.2) is 0 Å². The Hall–Kier alpha value is -1.73. The number of hydrogen-bond donors (Lipinski definition) is 0. The van der Waals surface area contributed by atoms with E-state index in [1.807, 2.05) is 12.1 Å². The molecule has 2 aromatic rings. The summed E-state index contributed by atoms with van der Waals surface area (Å²) in [5.41, 5.74) is 2.75. The quantitative estimate of drug-likeness (QED) is 0.492. The molecule has 0 bridgehead atoms. The molecule has 1 heteroatoms. The van der Waals surface area contributed by atoms with Crippen LogP contribution in [-0.2, 0) is 6.42 Å². The van der Waals surface area contributed by atoms with E-state index in [0.717, 1.165) is 12.8 Å². The Morgan fingerprint density at radius 2 is 1.58 bits per heavy atom. The van der Waals surface area contributed by atoms with E-state index in [4.69, 9.17) is 0 Å². The minimum absolute atomic E-state index is 0.939. The lowest BCUT2D eigenvalue weighted by molar-refractivity contribution is 1.08. The van der Waals surface area contributed by atoms with Crippen molar-refractivity contribution in [3.05, 3.63) is 89.9 Å². The molecular formula is C18H18S. The van der Waals surface area contributed by atoms with E-state index in [9.17, 15) is 0 Å². The summed E-state index contributed by atoms with van der Waals surface area (Å²) in [6.45, 7) is 3.85. The maximum atomic E-state index is 3.85. The summed E-state index contributed by atoms with van der Waals surface area (Å²) in [6.07, 6.45) is 3.90. The molecule has 0 saturated heterocycles. The van der Waals surface area contributed by atoms with Crippen molar-refractivity contribution in [2.24, 2.45) is 0 Å². The van der Waals surface area contributed by atoms with E-state index in [0.29, 0.717) is 0 Å². The third kappa shape index (κ3) is 4.80. The van der Waals surface area contributed by atoms with Crippen molar-refractivity contribution in [1.29, 1.82) is 0 Å². The molecule has 2 aromatic carbocycles. The monoisotopic (exact) mass is 266 g/mol. The molecule has 0 aromatic heterocycles. The SMILES string of the molecule is C=CC/C(=C\Sc1ccccc1)Cc1ccccc1. The Bertz CT molecular complexity index is 526. The first kappa shape index (κ1) is 13.7. The molecule has 0 aliphatic carbocycles. The molecule has 0 spiro atoms. The molecule has 0 saturated carbocycles. The van der Waals surface area contributed by atoms with Crippen LogP contribution < -0.4 is 0 Å². The largest absolute Gasteiger partial charge is 0.103 e. The minimum Gasteiger partial charge on any atom is -0.103 e. The molecule has 0 radical (unpaired) electrons. The first-order valence-corrected chi connectivity index (χ1v) is 7.31. The van der Waals surface area contributed by atoms with Crippen LogP contribution in [0.15, 0.2) is 89.2 Å². The average molecular weight is 266 g/mol. The Balaban J connectivity index is 2.05. The van der Waals surface area contributed by atoms with E-state index < -0.39 is 0 Å². The molecule has 0 atom stereocenters. The fraction of sp³-hybridized carbons (Fsp3) is 0.111. The van der Waals surface area contributed by atoms with Crippen molar-refractivity contribution in [2.75, 3.05) is 0 Å². The van der Waals surface area contributed by atoms with Crippen molar-refractivity contribution in [3.8, 4) is 0 Å². The minimum atomic E-state index is 0.939. The number of benzene rings is 2. The lowest BCUT2D eigenvalue weighted by Gasteiger charge is -2.05. The number of hydrogen-bond acceptors (Lipinski definition) is 1. The predicted molar refractivity (Wildman–Crippen MR) is 85.3 cm³/mol. The summed E-state index contributed by atoms with van der Waals surface area (Å²) in [4.78, 5) is 1.28. The van der Waals surface area contributed by atoms with Crippen LogP contribution in [0.25, 0.3) is 0 Å². The third-order valence-electron chi connectivity index (χ3n) is 2.79. The highest BCUT2D eigenvalue weighted by molar-refractivity contribution is 8.02. The number of thioether (sulfide) groups is 1. The maximum absolute atomic E-state index is 3.85. The van der Waals surface area contributed by atoms with Crippen LogP contribution in [0.2, 0.25) is 0 Å². The molecule has 0 fully saturated rings. The highest BCUT2D eigenvalue weighted by Gasteiger charge is 1.99. The molecule has 0 nitrogen and oxygen atoms in total. The summed E-state index contributed by atoms with van der Waals surface area (Å²) < 4.78 is 0. The third-order valence-corrected chi connectivity index (χ3v) is 3.78. The first-order chi connectivity index (χ1) is 9.38. The Morgan fingerprint density at radius 3 is 2.21 bits per heavy atom. The zero-order chi connectivity index (χ0) is 13.3. The molecule has 19 heavy (non-hydrogen) atoms. The van der Waals surface area contributed by atoms with Gasteiger partial charge in [0.25, 0.3) is 0 Å². The fourth-order valence-electron chi connectivity index (χ4n) is 1.86. The first-order valence-electron chi connectivity index (χ1n) is 6.43. The molecule has 96 valence electrons. The lowest BCUT2D eigenvalue weighted by atomic mass is 10.0. The van der Waals surface area contributed by atoms with Crippen molar-refractivity contribution < 1.29 is 0 Å². The summed E-state index contributed by atoms with van der Waals surface area (Å²) in [6, 6.07) is 21.0. The second-order valence-electron chi connectivity index (χ2n) is 4.36. The van der Waals surface area contributed by atoms with Crippen LogP contribution in [0, 0.1) is 0 Å². The highest BCUT2D eigenvalue weighted by Crippen LogP contribution is 2.23. The zero-order valence-electron chi connectivity index (χ0n) is 11.0. The maximum Gasteiger partial charge on any atom is 0.0116 e. The molecule has 0 aliphatic heterocycles. The second-order valence-corrected chi connectivity index (χ2v) is 5.30. The van der Waals surface area contributed by atoms with Crippen LogP contribution in [0.4, 0.5) is 0 Å². The van der Waals surface area contributed by atoms with Gasteiger partial charge in [0.1, 0.15) is 0 Å².